The third-order valence-electron chi connectivity index (χ3n) is 2.64. The maximum absolute atomic E-state index is 3.27. The lowest BCUT2D eigenvalue weighted by Crippen LogP contribution is -2.39. The summed E-state index contributed by atoms with van der Waals surface area (Å²) in [6.07, 6.45) is 4.11. The fourth-order valence-corrected chi connectivity index (χ4v) is 2.13. The Labute approximate surface area is 76.3 Å². The topological polar surface area (TPSA) is 15.3 Å². The molecule has 1 saturated heterocycles. The fraction of sp³-hybridized carbons (Fsp3) is 1.00. The molecule has 2 nitrogen and oxygen atoms in total. The van der Waals surface area contributed by atoms with Gasteiger partial charge in [-0.3, -0.25) is 0 Å². The van der Waals surface area contributed by atoms with Crippen LogP contribution in [0.5, 0.6) is 0 Å². The molecule has 1 N–H and O–H groups in total. The zero-order valence-electron chi connectivity index (χ0n) is 8.47. The molecule has 72 valence electrons. The molecular formula is C10H22N2. The van der Waals surface area contributed by atoms with E-state index in [2.05, 4.69) is 24.2 Å². The van der Waals surface area contributed by atoms with E-state index in [1.54, 1.807) is 0 Å². The second-order valence-corrected chi connectivity index (χ2v) is 3.87. The maximum Gasteiger partial charge on any atom is 0.00218 e. The molecule has 1 aliphatic rings. The Morgan fingerprint density at radius 2 is 2.33 bits per heavy atom. The van der Waals surface area contributed by atoms with Crippen molar-refractivity contribution in [3.05, 3.63) is 0 Å². The highest BCUT2D eigenvalue weighted by Gasteiger charge is 2.17. The lowest BCUT2D eigenvalue weighted by Gasteiger charge is -2.32. The molecule has 0 saturated carbocycles. The second-order valence-electron chi connectivity index (χ2n) is 3.87. The third kappa shape index (κ3) is 3.11. The Balaban J connectivity index is 2.20. The summed E-state index contributed by atoms with van der Waals surface area (Å²) in [5.41, 5.74) is 0. The first-order valence-electron chi connectivity index (χ1n) is 5.23. The zero-order valence-corrected chi connectivity index (χ0v) is 8.47. The molecule has 1 rings (SSSR count). The van der Waals surface area contributed by atoms with Crippen molar-refractivity contribution in [3.63, 3.8) is 0 Å². The number of hydrogen-bond donors (Lipinski definition) is 1. The van der Waals surface area contributed by atoms with Gasteiger partial charge in [0.05, 0.1) is 0 Å². The van der Waals surface area contributed by atoms with Gasteiger partial charge in [0.15, 0.2) is 0 Å². The van der Waals surface area contributed by atoms with Gasteiger partial charge < -0.3 is 10.2 Å². The molecule has 0 aromatic heterocycles. The molecule has 0 radical (unpaired) electrons. The minimum atomic E-state index is 0.898. The third-order valence-corrected chi connectivity index (χ3v) is 2.64. The van der Waals surface area contributed by atoms with E-state index >= 15 is 0 Å². The van der Waals surface area contributed by atoms with Crippen molar-refractivity contribution in [2.75, 3.05) is 33.2 Å². The average molecular weight is 170 g/mol. The van der Waals surface area contributed by atoms with Crippen LogP contribution in [-0.4, -0.2) is 38.1 Å². The van der Waals surface area contributed by atoms with Crippen LogP contribution in [0, 0.1) is 5.92 Å². The number of piperidine rings is 1. The Hall–Kier alpha value is -0.0800. The molecule has 0 spiro atoms. The van der Waals surface area contributed by atoms with Gasteiger partial charge in [-0.1, -0.05) is 6.92 Å². The summed E-state index contributed by atoms with van der Waals surface area (Å²) in [7, 11) is 2.05. The summed E-state index contributed by atoms with van der Waals surface area (Å²) in [6.45, 7) is 7.39. The molecular weight excluding hydrogens is 148 g/mol. The smallest absolute Gasteiger partial charge is 0.00218 e. The van der Waals surface area contributed by atoms with E-state index in [0.29, 0.717) is 0 Å². The highest BCUT2D eigenvalue weighted by Crippen LogP contribution is 2.15. The van der Waals surface area contributed by atoms with Crippen LogP contribution in [0.1, 0.15) is 26.2 Å². The maximum atomic E-state index is 3.27. The fourth-order valence-electron chi connectivity index (χ4n) is 2.13. The highest BCUT2D eigenvalue weighted by molar-refractivity contribution is 4.73. The van der Waals surface area contributed by atoms with Gasteiger partial charge in [-0.15, -0.1) is 0 Å². The van der Waals surface area contributed by atoms with E-state index in [1.807, 2.05) is 0 Å². The molecule has 0 bridgehead atoms. The molecule has 0 aromatic rings. The molecule has 1 atom stereocenters. The van der Waals surface area contributed by atoms with Crippen LogP contribution in [0.2, 0.25) is 0 Å². The van der Waals surface area contributed by atoms with Crippen LogP contribution in [0.15, 0.2) is 0 Å². The number of hydrogen-bond acceptors (Lipinski definition) is 2. The summed E-state index contributed by atoms with van der Waals surface area (Å²) in [6, 6.07) is 0. The van der Waals surface area contributed by atoms with Gasteiger partial charge in [-0.05, 0) is 51.9 Å². The van der Waals surface area contributed by atoms with Gasteiger partial charge >= 0.3 is 0 Å². The summed E-state index contributed by atoms with van der Waals surface area (Å²) < 4.78 is 0. The van der Waals surface area contributed by atoms with Crippen molar-refractivity contribution in [1.82, 2.24) is 10.2 Å². The Bertz CT molecular complexity index is 98.4. The summed E-state index contributed by atoms with van der Waals surface area (Å²) in [5, 5.41) is 3.27. The van der Waals surface area contributed by atoms with Crippen molar-refractivity contribution < 1.29 is 0 Å². The first-order valence-corrected chi connectivity index (χ1v) is 5.23. The van der Waals surface area contributed by atoms with Gasteiger partial charge in [0.2, 0.25) is 0 Å². The Kier molecular flexibility index (Phi) is 4.62. The molecule has 0 amide bonds. The molecule has 1 heterocycles. The molecule has 1 unspecified atom stereocenters. The first-order chi connectivity index (χ1) is 5.86. The zero-order chi connectivity index (χ0) is 8.81. The molecule has 0 aromatic carbocycles. The van der Waals surface area contributed by atoms with Crippen molar-refractivity contribution >= 4 is 0 Å². The van der Waals surface area contributed by atoms with Crippen LogP contribution >= 0.6 is 0 Å². The average Bonchev–Trinajstić information content (AvgIpc) is 2.06. The summed E-state index contributed by atoms with van der Waals surface area (Å²) in [5.74, 6) is 0.898. The molecule has 12 heavy (non-hydrogen) atoms. The molecule has 2 heteroatoms. The molecule has 1 fully saturated rings. The molecule has 0 aliphatic carbocycles. The quantitative estimate of drug-likeness (QED) is 0.684. The van der Waals surface area contributed by atoms with Crippen LogP contribution in [0.4, 0.5) is 0 Å². The number of rotatable bonds is 4. The SMILES string of the molecule is CCCN1CCCC(CNC)C1. The Morgan fingerprint density at radius 3 is 3.00 bits per heavy atom. The number of likely N-dealkylation sites (tertiary alicyclic amines) is 1. The van der Waals surface area contributed by atoms with Crippen molar-refractivity contribution in [1.29, 1.82) is 0 Å². The van der Waals surface area contributed by atoms with Gasteiger partial charge in [0.1, 0.15) is 0 Å². The van der Waals surface area contributed by atoms with E-state index in [0.717, 1.165) is 5.92 Å². The van der Waals surface area contributed by atoms with E-state index in [1.165, 1.54) is 45.4 Å². The van der Waals surface area contributed by atoms with Gasteiger partial charge in [0, 0.05) is 6.54 Å². The van der Waals surface area contributed by atoms with Crippen molar-refractivity contribution in [2.45, 2.75) is 26.2 Å². The minimum absolute atomic E-state index is 0.898. The highest BCUT2D eigenvalue weighted by atomic mass is 15.1. The van der Waals surface area contributed by atoms with Gasteiger partial charge in [-0.25, -0.2) is 0 Å². The predicted octanol–water partition coefficient (Wildman–Crippen LogP) is 1.33. The predicted molar refractivity (Wildman–Crippen MR) is 53.4 cm³/mol. The largest absolute Gasteiger partial charge is 0.319 e. The monoisotopic (exact) mass is 170 g/mol. The normalized spacial score (nSPS) is 26.0. The van der Waals surface area contributed by atoms with Crippen LogP contribution < -0.4 is 5.32 Å². The van der Waals surface area contributed by atoms with Gasteiger partial charge in [0.25, 0.3) is 0 Å². The van der Waals surface area contributed by atoms with Crippen LogP contribution in [-0.2, 0) is 0 Å². The number of nitrogens with zero attached hydrogens (tertiary/aromatic N) is 1. The minimum Gasteiger partial charge on any atom is -0.319 e. The first kappa shape index (κ1) is 10.0. The van der Waals surface area contributed by atoms with Gasteiger partial charge in [-0.2, -0.15) is 0 Å². The Morgan fingerprint density at radius 1 is 1.50 bits per heavy atom. The lowest BCUT2D eigenvalue weighted by molar-refractivity contribution is 0.174. The second kappa shape index (κ2) is 5.55. The molecule has 1 aliphatic heterocycles. The van der Waals surface area contributed by atoms with E-state index in [9.17, 15) is 0 Å². The van der Waals surface area contributed by atoms with Crippen LogP contribution in [0.25, 0.3) is 0 Å². The lowest BCUT2D eigenvalue weighted by atomic mass is 9.98. The summed E-state index contributed by atoms with van der Waals surface area (Å²) in [4.78, 5) is 2.60. The van der Waals surface area contributed by atoms with E-state index < -0.39 is 0 Å². The number of nitrogens with one attached hydrogen (secondary N) is 1. The van der Waals surface area contributed by atoms with Crippen molar-refractivity contribution in [3.8, 4) is 0 Å². The van der Waals surface area contributed by atoms with E-state index in [4.69, 9.17) is 0 Å². The van der Waals surface area contributed by atoms with E-state index in [-0.39, 0.29) is 0 Å². The summed E-state index contributed by atoms with van der Waals surface area (Å²) >= 11 is 0. The standard InChI is InChI=1S/C10H22N2/c1-3-6-12-7-4-5-10(9-12)8-11-2/h10-11H,3-9H2,1-2H3. The van der Waals surface area contributed by atoms with Crippen LogP contribution in [0.3, 0.4) is 0 Å². The van der Waals surface area contributed by atoms with Crippen molar-refractivity contribution in [2.24, 2.45) is 5.92 Å².